The fourth-order valence-corrected chi connectivity index (χ4v) is 1.91. The van der Waals surface area contributed by atoms with E-state index in [1.807, 2.05) is 5.48 Å². The van der Waals surface area contributed by atoms with Crippen molar-refractivity contribution in [1.82, 2.24) is 9.55 Å². The second-order valence-corrected chi connectivity index (χ2v) is 4.05. The zero-order valence-electron chi connectivity index (χ0n) is 9.46. The van der Waals surface area contributed by atoms with Crippen molar-refractivity contribution in [3.05, 3.63) is 22.2 Å². The molecular weight excluding hydrogens is 226 g/mol. The van der Waals surface area contributed by atoms with Crippen LogP contribution in [0.4, 0.5) is 5.82 Å². The van der Waals surface area contributed by atoms with Crippen LogP contribution in [0.3, 0.4) is 0 Å². The zero-order valence-corrected chi connectivity index (χ0v) is 9.46. The van der Waals surface area contributed by atoms with Crippen molar-refractivity contribution in [3.63, 3.8) is 0 Å². The van der Waals surface area contributed by atoms with E-state index >= 15 is 0 Å². The highest BCUT2D eigenvalue weighted by atomic mass is 16.5. The summed E-state index contributed by atoms with van der Waals surface area (Å²) in [6.07, 6.45) is 2.35. The third-order valence-electron chi connectivity index (χ3n) is 2.84. The van der Waals surface area contributed by atoms with Gasteiger partial charge < -0.3 is 9.84 Å². The van der Waals surface area contributed by atoms with Crippen LogP contribution in [0, 0.1) is 6.92 Å². The lowest BCUT2D eigenvalue weighted by Gasteiger charge is -2.15. The van der Waals surface area contributed by atoms with Gasteiger partial charge >= 0.3 is 5.69 Å². The first-order valence-electron chi connectivity index (χ1n) is 5.42. The van der Waals surface area contributed by atoms with E-state index in [1.165, 1.54) is 4.57 Å². The molecule has 1 aromatic heterocycles. The Balaban J connectivity index is 2.28. The molecule has 94 valence electrons. The topological polar surface area (TPSA) is 96.6 Å². The van der Waals surface area contributed by atoms with Gasteiger partial charge in [-0.3, -0.25) is 15.3 Å². The van der Waals surface area contributed by atoms with E-state index in [0.29, 0.717) is 18.4 Å². The van der Waals surface area contributed by atoms with Crippen LogP contribution in [0.5, 0.6) is 0 Å². The molecule has 2 heterocycles. The first-order chi connectivity index (χ1) is 8.15. The number of hydrogen-bond acceptors (Lipinski definition) is 6. The first kappa shape index (κ1) is 12.0. The highest BCUT2D eigenvalue weighted by Gasteiger charge is 2.27. The molecule has 1 aliphatic heterocycles. The fraction of sp³-hybridized carbons (Fsp3) is 0.600. The number of aliphatic hydroxyl groups is 1. The number of anilines is 1. The van der Waals surface area contributed by atoms with E-state index in [-0.39, 0.29) is 18.5 Å². The molecule has 0 bridgehead atoms. The van der Waals surface area contributed by atoms with Gasteiger partial charge in [0.15, 0.2) is 5.82 Å². The maximum absolute atomic E-state index is 11.7. The Hall–Kier alpha value is -1.44. The number of rotatable bonds is 3. The second-order valence-electron chi connectivity index (χ2n) is 4.05. The van der Waals surface area contributed by atoms with Gasteiger partial charge in [-0.1, -0.05) is 0 Å². The monoisotopic (exact) mass is 241 g/mol. The number of aryl methyl sites for hydroxylation is 1. The van der Waals surface area contributed by atoms with E-state index in [0.717, 1.165) is 0 Å². The molecule has 0 radical (unpaired) electrons. The van der Waals surface area contributed by atoms with Crippen LogP contribution in [0.25, 0.3) is 0 Å². The lowest BCUT2D eigenvalue weighted by molar-refractivity contribution is -0.0246. The molecule has 1 aliphatic rings. The van der Waals surface area contributed by atoms with Crippen molar-refractivity contribution in [2.45, 2.75) is 32.1 Å². The van der Waals surface area contributed by atoms with Crippen LogP contribution in [0.2, 0.25) is 0 Å². The Morgan fingerprint density at radius 2 is 2.41 bits per heavy atom. The summed E-state index contributed by atoms with van der Waals surface area (Å²) in [4.78, 5) is 15.4. The van der Waals surface area contributed by atoms with E-state index in [9.17, 15) is 4.79 Å². The summed E-state index contributed by atoms with van der Waals surface area (Å²) < 4.78 is 6.88. The van der Waals surface area contributed by atoms with Crippen LogP contribution in [0.15, 0.2) is 11.0 Å². The van der Waals surface area contributed by atoms with Gasteiger partial charge in [0.05, 0.1) is 12.7 Å². The Bertz CT molecular complexity index is 459. The summed E-state index contributed by atoms with van der Waals surface area (Å²) in [6.45, 7) is 1.67. The van der Waals surface area contributed by atoms with E-state index in [4.69, 9.17) is 15.1 Å². The molecule has 17 heavy (non-hydrogen) atoms. The first-order valence-corrected chi connectivity index (χ1v) is 5.42. The number of nitrogens with zero attached hydrogens (tertiary/aromatic N) is 2. The fourth-order valence-electron chi connectivity index (χ4n) is 1.91. The molecule has 1 saturated heterocycles. The number of ether oxygens (including phenoxy) is 1. The highest BCUT2D eigenvalue weighted by molar-refractivity contribution is 5.38. The lowest BCUT2D eigenvalue weighted by Crippen LogP contribution is -2.28. The van der Waals surface area contributed by atoms with Crippen LogP contribution < -0.4 is 11.2 Å². The predicted molar refractivity (Wildman–Crippen MR) is 58.9 cm³/mol. The summed E-state index contributed by atoms with van der Waals surface area (Å²) in [5.74, 6) is 0.142. The summed E-state index contributed by atoms with van der Waals surface area (Å²) in [6, 6.07) is 0. The normalized spacial score (nSPS) is 23.9. The van der Waals surface area contributed by atoms with Crippen molar-refractivity contribution in [1.29, 1.82) is 0 Å². The Morgan fingerprint density at radius 1 is 1.65 bits per heavy atom. The number of nitrogens with one attached hydrogen (secondary N) is 1. The van der Waals surface area contributed by atoms with Crippen LogP contribution in [0.1, 0.15) is 24.6 Å². The quantitative estimate of drug-likeness (QED) is 0.646. The van der Waals surface area contributed by atoms with Gasteiger partial charge in [0.25, 0.3) is 0 Å². The maximum Gasteiger partial charge on any atom is 0.351 e. The number of hydrogen-bond donors (Lipinski definition) is 3. The van der Waals surface area contributed by atoms with Crippen molar-refractivity contribution in [2.75, 3.05) is 12.1 Å². The largest absolute Gasteiger partial charge is 0.394 e. The standard InChI is InChI=1S/C10H15N3O4/c1-6-4-13(10(15)11-9(6)12-16)8-3-2-7(5-14)17-8/h4,7-8,14,16H,2-3,5H2,1H3,(H,11,12,15)/t7-,8+/m0/s1. The van der Waals surface area contributed by atoms with Gasteiger partial charge in [-0.05, 0) is 19.8 Å². The van der Waals surface area contributed by atoms with Gasteiger partial charge in [0, 0.05) is 11.8 Å². The smallest absolute Gasteiger partial charge is 0.351 e. The molecule has 2 atom stereocenters. The van der Waals surface area contributed by atoms with Gasteiger partial charge in [0.2, 0.25) is 0 Å². The predicted octanol–water partition coefficient (Wildman–Crippen LogP) is 0.0227. The van der Waals surface area contributed by atoms with Gasteiger partial charge in [0.1, 0.15) is 6.23 Å². The molecular formula is C10H15N3O4. The average molecular weight is 241 g/mol. The third kappa shape index (κ3) is 2.31. The van der Waals surface area contributed by atoms with Gasteiger partial charge in [-0.15, -0.1) is 0 Å². The summed E-state index contributed by atoms with van der Waals surface area (Å²) >= 11 is 0. The minimum Gasteiger partial charge on any atom is -0.394 e. The molecule has 0 aliphatic carbocycles. The molecule has 7 nitrogen and oxygen atoms in total. The zero-order chi connectivity index (χ0) is 12.4. The molecule has 7 heteroatoms. The maximum atomic E-state index is 11.7. The molecule has 0 aromatic carbocycles. The number of aromatic nitrogens is 2. The van der Waals surface area contributed by atoms with Crippen LogP contribution in [-0.4, -0.2) is 32.6 Å². The summed E-state index contributed by atoms with van der Waals surface area (Å²) in [7, 11) is 0. The molecule has 2 rings (SSSR count). The highest BCUT2D eigenvalue weighted by Crippen LogP contribution is 2.27. The molecule has 0 unspecified atom stereocenters. The molecule has 0 spiro atoms. The van der Waals surface area contributed by atoms with E-state index in [2.05, 4.69) is 4.98 Å². The van der Waals surface area contributed by atoms with Crippen molar-refractivity contribution in [2.24, 2.45) is 0 Å². The summed E-state index contributed by atoms with van der Waals surface area (Å²) in [5.41, 5.74) is 2.02. The molecule has 0 amide bonds. The Morgan fingerprint density at radius 3 is 3.00 bits per heavy atom. The second kappa shape index (κ2) is 4.82. The molecule has 1 aromatic rings. The SMILES string of the molecule is Cc1cn([C@H]2CC[C@@H](CO)O2)c(=O)nc1NO. The number of aliphatic hydroxyl groups excluding tert-OH is 1. The lowest BCUT2D eigenvalue weighted by atomic mass is 10.2. The Labute approximate surface area is 97.6 Å². The van der Waals surface area contributed by atoms with Gasteiger partial charge in [-0.25, -0.2) is 4.79 Å². The average Bonchev–Trinajstić information content (AvgIpc) is 2.80. The van der Waals surface area contributed by atoms with Crippen molar-refractivity contribution < 1.29 is 15.1 Å². The van der Waals surface area contributed by atoms with Crippen molar-refractivity contribution >= 4 is 5.82 Å². The molecule has 0 saturated carbocycles. The van der Waals surface area contributed by atoms with Crippen molar-refractivity contribution in [3.8, 4) is 0 Å². The third-order valence-corrected chi connectivity index (χ3v) is 2.84. The van der Waals surface area contributed by atoms with E-state index < -0.39 is 11.9 Å². The van der Waals surface area contributed by atoms with Crippen LogP contribution >= 0.6 is 0 Å². The Kier molecular flexibility index (Phi) is 3.41. The minimum atomic E-state index is -0.490. The molecule has 1 fully saturated rings. The van der Waals surface area contributed by atoms with Gasteiger partial charge in [-0.2, -0.15) is 4.98 Å². The van der Waals surface area contributed by atoms with Crippen LogP contribution in [-0.2, 0) is 4.74 Å². The van der Waals surface area contributed by atoms with E-state index in [1.54, 1.807) is 13.1 Å². The summed E-state index contributed by atoms with van der Waals surface area (Å²) in [5, 5.41) is 17.7. The molecule has 3 N–H and O–H groups in total. The minimum absolute atomic E-state index is 0.0477.